The van der Waals surface area contributed by atoms with E-state index in [1.54, 1.807) is 13.8 Å². The maximum absolute atomic E-state index is 12.9. The van der Waals surface area contributed by atoms with Crippen LogP contribution >= 0.6 is 7.60 Å². The second-order valence-electron chi connectivity index (χ2n) is 6.54. The molecule has 11 heteroatoms. The third kappa shape index (κ3) is 3.83. The van der Waals surface area contributed by atoms with Gasteiger partial charge in [-0.2, -0.15) is 0 Å². The normalized spacial score (nSPS) is 33.3. The molecule has 152 valence electrons. The van der Waals surface area contributed by atoms with Crippen LogP contribution in [0.1, 0.15) is 26.5 Å². The predicted molar refractivity (Wildman–Crippen MR) is 94.8 cm³/mol. The van der Waals surface area contributed by atoms with Gasteiger partial charge in [-0.15, -0.1) is 0 Å². The molecule has 2 aliphatic rings. The lowest BCUT2D eigenvalue weighted by atomic mass is 10.1. The molecule has 1 saturated heterocycles. The first kappa shape index (κ1) is 20.4. The minimum absolute atomic E-state index is 0.245. The molecule has 10 nitrogen and oxygen atoms in total. The highest BCUT2D eigenvalue weighted by atomic mass is 31.2. The second-order valence-corrected chi connectivity index (χ2v) is 8.80. The first-order valence-corrected chi connectivity index (χ1v) is 10.5. The van der Waals surface area contributed by atoms with Crippen LogP contribution in [0.25, 0.3) is 0 Å². The van der Waals surface area contributed by atoms with Crippen LogP contribution in [0.15, 0.2) is 21.9 Å². The number of rotatable bonds is 8. The smallest absolute Gasteiger partial charge is 0.334 e. The molecule has 1 saturated carbocycles. The van der Waals surface area contributed by atoms with Gasteiger partial charge in [0, 0.05) is 25.3 Å². The average molecular weight is 404 g/mol. The maximum atomic E-state index is 12.9. The molecule has 2 fully saturated rings. The van der Waals surface area contributed by atoms with Crippen LogP contribution in [0, 0.1) is 5.92 Å². The third-order valence-corrected chi connectivity index (χ3v) is 7.54. The van der Waals surface area contributed by atoms with Crippen LogP contribution in [-0.2, 0) is 23.1 Å². The van der Waals surface area contributed by atoms with Crippen molar-refractivity contribution in [1.29, 1.82) is 0 Å². The molecule has 0 spiro atoms. The van der Waals surface area contributed by atoms with Crippen molar-refractivity contribution in [2.75, 3.05) is 20.3 Å². The number of hydrogen-bond donors (Lipinski definition) is 2. The van der Waals surface area contributed by atoms with Gasteiger partial charge in [0.2, 0.25) is 0 Å². The molecule has 3 unspecified atom stereocenters. The molecule has 3 rings (SSSR count). The lowest BCUT2D eigenvalue weighted by Gasteiger charge is -2.20. The van der Waals surface area contributed by atoms with Crippen molar-refractivity contribution in [1.82, 2.24) is 9.55 Å². The van der Waals surface area contributed by atoms with Crippen molar-refractivity contribution in [2.45, 2.75) is 50.5 Å². The Kier molecular flexibility index (Phi) is 6.05. The summed E-state index contributed by atoms with van der Waals surface area (Å²) < 4.78 is 36.1. The van der Waals surface area contributed by atoms with E-state index >= 15 is 0 Å². The van der Waals surface area contributed by atoms with E-state index in [0.29, 0.717) is 6.42 Å². The van der Waals surface area contributed by atoms with E-state index in [1.807, 2.05) is 0 Å². The van der Waals surface area contributed by atoms with E-state index in [2.05, 4.69) is 4.98 Å². The molecule has 27 heavy (non-hydrogen) atoms. The number of nitrogens with one attached hydrogen (secondary N) is 1. The Morgan fingerprint density at radius 1 is 1.33 bits per heavy atom. The maximum Gasteiger partial charge on any atom is 0.334 e. The molecular formula is C16H25N2O8P. The number of aliphatic hydroxyl groups is 1. The zero-order chi connectivity index (χ0) is 19.8. The minimum Gasteiger partial charge on any atom is -0.387 e. The molecule has 6 atom stereocenters. The zero-order valence-electron chi connectivity index (χ0n) is 15.4. The first-order chi connectivity index (χ1) is 12.9. The second kappa shape index (κ2) is 7.98. The molecule has 1 aromatic rings. The van der Waals surface area contributed by atoms with E-state index in [1.165, 1.54) is 23.9 Å². The fourth-order valence-electron chi connectivity index (χ4n) is 3.64. The highest BCUT2D eigenvalue weighted by Gasteiger charge is 2.61. The van der Waals surface area contributed by atoms with E-state index in [-0.39, 0.29) is 24.8 Å². The van der Waals surface area contributed by atoms with E-state index < -0.39 is 43.4 Å². The van der Waals surface area contributed by atoms with E-state index in [9.17, 15) is 19.3 Å². The summed E-state index contributed by atoms with van der Waals surface area (Å²) in [5.74, 6) is -0.245. The lowest BCUT2D eigenvalue weighted by Crippen LogP contribution is -2.38. The molecular weight excluding hydrogens is 379 g/mol. The largest absolute Gasteiger partial charge is 0.387 e. The van der Waals surface area contributed by atoms with Crippen LogP contribution in [-0.4, -0.2) is 59.0 Å². The van der Waals surface area contributed by atoms with Crippen LogP contribution in [0.4, 0.5) is 0 Å². The van der Waals surface area contributed by atoms with Gasteiger partial charge in [0.1, 0.15) is 12.2 Å². The van der Waals surface area contributed by atoms with Crippen molar-refractivity contribution >= 4 is 7.60 Å². The monoisotopic (exact) mass is 404 g/mol. The fourth-order valence-corrected chi connectivity index (χ4v) is 5.96. The highest BCUT2D eigenvalue weighted by Crippen LogP contribution is 2.67. The Labute approximate surface area is 155 Å². The average Bonchev–Trinajstić information content (AvgIpc) is 3.34. The molecule has 1 aliphatic heterocycles. The summed E-state index contributed by atoms with van der Waals surface area (Å²) in [4.78, 5) is 25.5. The van der Waals surface area contributed by atoms with Gasteiger partial charge in [-0.05, 0) is 20.3 Å². The molecule has 1 aliphatic carbocycles. The Hall–Kier alpha value is -1.29. The third-order valence-electron chi connectivity index (χ3n) is 4.90. The minimum atomic E-state index is -3.30. The van der Waals surface area contributed by atoms with Gasteiger partial charge in [0.05, 0.1) is 25.0 Å². The highest BCUT2D eigenvalue weighted by molar-refractivity contribution is 7.55. The van der Waals surface area contributed by atoms with Crippen LogP contribution < -0.4 is 11.2 Å². The van der Waals surface area contributed by atoms with Crippen LogP contribution in [0.5, 0.6) is 0 Å². The number of H-pyrrole nitrogens is 1. The van der Waals surface area contributed by atoms with Gasteiger partial charge in [-0.3, -0.25) is 18.9 Å². The number of aromatic nitrogens is 2. The summed E-state index contributed by atoms with van der Waals surface area (Å²) in [5.41, 5.74) is -1.57. The number of aromatic amines is 1. The van der Waals surface area contributed by atoms with Gasteiger partial charge in [-0.1, -0.05) is 0 Å². The summed E-state index contributed by atoms with van der Waals surface area (Å²) in [6.07, 6.45) is -1.66. The van der Waals surface area contributed by atoms with Crippen molar-refractivity contribution in [2.24, 2.45) is 5.92 Å². The fraction of sp³-hybridized carbons (Fsp3) is 0.750. The number of nitrogens with zero attached hydrogens (tertiary/aromatic N) is 1. The van der Waals surface area contributed by atoms with Gasteiger partial charge in [0.25, 0.3) is 5.56 Å². The summed E-state index contributed by atoms with van der Waals surface area (Å²) in [5, 5.41) is 10.7. The number of aliphatic hydroxyl groups excluding tert-OH is 1. The summed E-state index contributed by atoms with van der Waals surface area (Å²) in [6, 6.07) is 1.19. The van der Waals surface area contributed by atoms with Crippen molar-refractivity contribution in [3.63, 3.8) is 0 Å². The molecule has 2 N–H and O–H groups in total. The summed E-state index contributed by atoms with van der Waals surface area (Å²) in [6.45, 7) is 3.99. The molecule has 1 aromatic heterocycles. The molecule has 0 aromatic carbocycles. The molecule has 0 radical (unpaired) electrons. The Morgan fingerprint density at radius 2 is 2.00 bits per heavy atom. The Morgan fingerprint density at radius 3 is 2.56 bits per heavy atom. The summed E-state index contributed by atoms with van der Waals surface area (Å²) in [7, 11) is -1.90. The van der Waals surface area contributed by atoms with Gasteiger partial charge in [0.15, 0.2) is 6.23 Å². The number of methoxy groups -OCH3 is 1. The van der Waals surface area contributed by atoms with E-state index in [0.717, 1.165) is 0 Å². The SMILES string of the molecule is CCOP(=O)(OCC)C1CC1[C@H]1O[C@@H](n2ccc(=O)[nH]c2=O)C(OC)[C@H]1O. The first-order valence-electron chi connectivity index (χ1n) is 8.92. The van der Waals surface area contributed by atoms with Crippen LogP contribution in [0.2, 0.25) is 0 Å². The number of hydrogen-bond acceptors (Lipinski definition) is 8. The van der Waals surface area contributed by atoms with Crippen LogP contribution in [0.3, 0.4) is 0 Å². The van der Waals surface area contributed by atoms with E-state index in [4.69, 9.17) is 18.5 Å². The number of ether oxygens (including phenoxy) is 2. The molecule has 0 amide bonds. The summed E-state index contributed by atoms with van der Waals surface area (Å²) >= 11 is 0. The van der Waals surface area contributed by atoms with Gasteiger partial charge in [-0.25, -0.2) is 4.79 Å². The van der Waals surface area contributed by atoms with Crippen molar-refractivity contribution < 1.29 is 28.2 Å². The predicted octanol–water partition coefficient (Wildman–Crippen LogP) is 0.465. The zero-order valence-corrected chi connectivity index (χ0v) is 16.3. The molecule has 0 bridgehead atoms. The Balaban J connectivity index is 1.81. The molecule has 2 heterocycles. The van der Waals surface area contributed by atoms with Gasteiger partial charge < -0.3 is 23.6 Å². The Bertz CT molecular complexity index is 813. The lowest BCUT2D eigenvalue weighted by molar-refractivity contribution is -0.0572. The van der Waals surface area contributed by atoms with Crippen molar-refractivity contribution in [3.8, 4) is 0 Å². The van der Waals surface area contributed by atoms with Gasteiger partial charge >= 0.3 is 13.3 Å². The topological polar surface area (TPSA) is 129 Å². The quantitative estimate of drug-likeness (QED) is 0.598. The standard InChI is InChI=1S/C16H25N2O8P/c1-4-24-27(22,25-5-2)10-8-9(10)13-12(20)14(23-3)15(26-13)18-7-6-11(19)17-16(18)21/h6-7,9-10,12-15,20H,4-5,8H2,1-3H3,(H,17,19,21)/t9?,10?,12-,13+,14?,15+/m0/s1. The van der Waals surface area contributed by atoms with Crippen molar-refractivity contribution in [3.05, 3.63) is 33.1 Å².